The summed E-state index contributed by atoms with van der Waals surface area (Å²) in [6.07, 6.45) is 3.77. The van der Waals surface area contributed by atoms with Crippen molar-refractivity contribution in [3.8, 4) is 33.6 Å². The summed E-state index contributed by atoms with van der Waals surface area (Å²) < 4.78 is 9.61. The molecule has 0 radical (unpaired) electrons. The number of urea groups is 1. The van der Waals surface area contributed by atoms with Gasteiger partial charge in [0.1, 0.15) is 29.8 Å². The molecule has 8 rings (SSSR count). The second kappa shape index (κ2) is 19.1. The second-order valence-corrected chi connectivity index (χ2v) is 18.0. The van der Waals surface area contributed by atoms with E-state index in [0.717, 1.165) is 63.2 Å². The molecule has 0 saturated carbocycles. The zero-order valence-corrected chi connectivity index (χ0v) is 38.5. The van der Waals surface area contributed by atoms with E-state index in [1.54, 1.807) is 32.0 Å². The van der Waals surface area contributed by atoms with E-state index in [1.807, 2.05) is 77.1 Å². The van der Waals surface area contributed by atoms with E-state index in [-0.39, 0.29) is 48.9 Å². The summed E-state index contributed by atoms with van der Waals surface area (Å²) >= 11 is 0. The van der Waals surface area contributed by atoms with Crippen molar-refractivity contribution in [2.45, 2.75) is 84.7 Å². The average Bonchev–Trinajstić information content (AvgIpc) is 4.18. The Morgan fingerprint density at radius 1 is 0.652 bits per heavy atom. The summed E-state index contributed by atoms with van der Waals surface area (Å²) in [5.41, 5.74) is 8.81. The van der Waals surface area contributed by atoms with Crippen LogP contribution < -0.4 is 10.6 Å². The zero-order chi connectivity index (χ0) is 46.8. The number of carbonyl (C=O) groups is 5. The Morgan fingerprint density at radius 2 is 1.15 bits per heavy atom. The standard InChI is InChI=1S/C49H58N10O7/c1-28(2)41(54-47(62)65-6)45(60)58-20-8-9-39(58)43-50-22-37(52-43)33-16-12-31(13-17-33)32-14-18-34(19-15-32)38-23-51-44(53-38)40-26-57(27-59(40)46(61)42(29(3)4)55-48(63)66-7)49(64)56-24-35-11-10-30(5)21-36(35)25-56/h10-19,21-23,28-29,39-42H,8-9,20,24-27H2,1-7H3,(H,50,52)(H,51,53)(H,54,62)(H,55,63)/t39?,40-,41?,42-/m0/s1. The molecule has 2 unspecified atom stereocenters. The normalized spacial score (nSPS) is 17.8. The van der Waals surface area contributed by atoms with Crippen LogP contribution in [0, 0.1) is 18.8 Å². The molecule has 17 nitrogen and oxygen atoms in total. The van der Waals surface area contributed by atoms with Crippen molar-refractivity contribution >= 4 is 30.0 Å². The number of alkyl carbamates (subject to hydrolysis) is 2. The lowest BCUT2D eigenvalue weighted by atomic mass is 10.0. The van der Waals surface area contributed by atoms with Crippen LogP contribution in [0.4, 0.5) is 14.4 Å². The van der Waals surface area contributed by atoms with Crippen LogP contribution in [-0.2, 0) is 32.2 Å². The Labute approximate surface area is 384 Å². The molecule has 3 aliphatic rings. The molecular formula is C49H58N10O7. The van der Waals surface area contributed by atoms with Gasteiger partial charge in [0.2, 0.25) is 11.8 Å². The zero-order valence-electron chi connectivity index (χ0n) is 38.5. The third-order valence-electron chi connectivity index (χ3n) is 12.9. The Bertz CT molecular complexity index is 2590. The fourth-order valence-corrected chi connectivity index (χ4v) is 9.16. The molecule has 4 N–H and O–H groups in total. The number of aromatic nitrogens is 4. The molecule has 5 aromatic rings. The minimum Gasteiger partial charge on any atom is -0.453 e. The molecule has 4 atom stereocenters. The number of rotatable bonds is 11. The fraction of sp³-hybridized carbons (Fsp3) is 0.408. The van der Waals surface area contributed by atoms with Crippen molar-refractivity contribution in [2.24, 2.45) is 11.8 Å². The number of amides is 6. The first-order chi connectivity index (χ1) is 31.7. The van der Waals surface area contributed by atoms with Gasteiger partial charge in [-0.05, 0) is 65.0 Å². The highest BCUT2D eigenvalue weighted by Gasteiger charge is 2.44. The first-order valence-corrected chi connectivity index (χ1v) is 22.5. The Balaban J connectivity index is 0.959. The minimum atomic E-state index is -0.885. The van der Waals surface area contributed by atoms with Crippen LogP contribution in [0.2, 0.25) is 0 Å². The molecule has 2 aromatic heterocycles. The van der Waals surface area contributed by atoms with Gasteiger partial charge in [0, 0.05) is 19.6 Å². The van der Waals surface area contributed by atoms with Crippen LogP contribution in [0.3, 0.4) is 0 Å². The van der Waals surface area contributed by atoms with Crippen LogP contribution in [0.1, 0.15) is 81.0 Å². The number of hydrogen-bond acceptors (Lipinski definition) is 9. The summed E-state index contributed by atoms with van der Waals surface area (Å²) in [5.74, 6) is 0.359. The van der Waals surface area contributed by atoms with E-state index >= 15 is 0 Å². The number of methoxy groups -OCH3 is 2. The fourth-order valence-electron chi connectivity index (χ4n) is 9.16. The number of aryl methyl sites for hydroxylation is 1. The van der Waals surface area contributed by atoms with E-state index in [0.29, 0.717) is 31.3 Å². The minimum absolute atomic E-state index is 0.0297. The summed E-state index contributed by atoms with van der Waals surface area (Å²) in [6, 6.07) is 19.9. The Morgan fingerprint density at radius 3 is 1.68 bits per heavy atom. The van der Waals surface area contributed by atoms with E-state index < -0.39 is 30.3 Å². The van der Waals surface area contributed by atoms with Crippen molar-refractivity contribution in [2.75, 3.05) is 34.0 Å². The van der Waals surface area contributed by atoms with Crippen LogP contribution in [-0.4, -0.2) is 116 Å². The maximum atomic E-state index is 14.3. The number of nitrogens with one attached hydrogen (secondary N) is 4. The second-order valence-electron chi connectivity index (χ2n) is 18.0. The van der Waals surface area contributed by atoms with Crippen molar-refractivity contribution in [3.63, 3.8) is 0 Å². The molecule has 5 heterocycles. The van der Waals surface area contributed by atoms with Gasteiger partial charge in [0.05, 0.1) is 57.3 Å². The molecule has 3 aromatic carbocycles. The van der Waals surface area contributed by atoms with E-state index in [4.69, 9.17) is 14.5 Å². The number of H-pyrrole nitrogens is 2. The number of benzene rings is 3. The van der Waals surface area contributed by atoms with Gasteiger partial charge in [-0.25, -0.2) is 24.4 Å². The maximum Gasteiger partial charge on any atom is 0.407 e. The van der Waals surface area contributed by atoms with Gasteiger partial charge in [-0.15, -0.1) is 0 Å². The van der Waals surface area contributed by atoms with E-state index in [2.05, 4.69) is 49.9 Å². The Hall–Kier alpha value is -7.17. The molecular weight excluding hydrogens is 841 g/mol. The summed E-state index contributed by atoms with van der Waals surface area (Å²) in [4.78, 5) is 89.5. The van der Waals surface area contributed by atoms with E-state index in [1.165, 1.54) is 14.2 Å². The number of aromatic amines is 2. The maximum absolute atomic E-state index is 14.3. The number of nitrogens with zero attached hydrogens (tertiary/aromatic N) is 6. The third kappa shape index (κ3) is 9.32. The predicted molar refractivity (Wildman–Crippen MR) is 246 cm³/mol. The van der Waals surface area contributed by atoms with Gasteiger partial charge in [0.25, 0.3) is 0 Å². The smallest absolute Gasteiger partial charge is 0.407 e. The number of likely N-dealkylation sites (tertiary alicyclic amines) is 1. The monoisotopic (exact) mass is 898 g/mol. The van der Waals surface area contributed by atoms with E-state index in [9.17, 15) is 24.0 Å². The summed E-state index contributed by atoms with van der Waals surface area (Å²) in [6.45, 7) is 11.3. The number of fused-ring (bicyclic) bond motifs is 1. The number of imidazole rings is 2. The lowest BCUT2D eigenvalue weighted by molar-refractivity contribution is -0.136. The highest BCUT2D eigenvalue weighted by atomic mass is 16.5. The lowest BCUT2D eigenvalue weighted by Gasteiger charge is -2.30. The third-order valence-corrected chi connectivity index (χ3v) is 12.9. The first kappa shape index (κ1) is 45.4. The number of ether oxygens (including phenoxy) is 2. The van der Waals surface area contributed by atoms with Crippen LogP contribution >= 0.6 is 0 Å². The Kier molecular flexibility index (Phi) is 13.2. The lowest BCUT2D eigenvalue weighted by Crippen LogP contribution is -2.52. The summed E-state index contributed by atoms with van der Waals surface area (Å²) in [5, 5.41) is 5.39. The molecule has 346 valence electrons. The predicted octanol–water partition coefficient (Wildman–Crippen LogP) is 7.15. The largest absolute Gasteiger partial charge is 0.453 e. The topological polar surface area (TPSA) is 198 Å². The molecule has 0 bridgehead atoms. The average molecular weight is 899 g/mol. The van der Waals surface area contributed by atoms with Gasteiger partial charge < -0.3 is 49.7 Å². The molecule has 3 aliphatic heterocycles. The molecule has 66 heavy (non-hydrogen) atoms. The van der Waals surface area contributed by atoms with Gasteiger partial charge in [0.15, 0.2) is 0 Å². The molecule has 17 heteroatoms. The van der Waals surface area contributed by atoms with Crippen LogP contribution in [0.15, 0.2) is 79.1 Å². The van der Waals surface area contributed by atoms with Gasteiger partial charge >= 0.3 is 18.2 Å². The van der Waals surface area contributed by atoms with Gasteiger partial charge in [-0.1, -0.05) is 100.0 Å². The van der Waals surface area contributed by atoms with Crippen molar-refractivity contribution in [1.29, 1.82) is 0 Å². The number of hydrogen-bond donors (Lipinski definition) is 4. The first-order valence-electron chi connectivity index (χ1n) is 22.5. The SMILES string of the molecule is COC(=O)NC(C(=O)N1CCCC1c1ncc(-c2ccc(-c3ccc(-c4cnc([C@@H]5CN(C(=O)N6Cc7ccc(C)cc7C6)CN5C(=O)[C@@H](NC(=O)OC)C(C)C)[nH]4)cc3)cc2)[nH]1)C(C)C. The number of carbonyl (C=O) groups excluding carboxylic acids is 5. The summed E-state index contributed by atoms with van der Waals surface area (Å²) in [7, 11) is 2.54. The molecule has 2 saturated heterocycles. The highest BCUT2D eigenvalue weighted by Crippen LogP contribution is 2.35. The van der Waals surface area contributed by atoms with Gasteiger partial charge in [-0.2, -0.15) is 0 Å². The van der Waals surface area contributed by atoms with Crippen molar-refractivity contribution in [3.05, 3.63) is 107 Å². The quantitative estimate of drug-likeness (QED) is 0.106. The molecule has 0 spiro atoms. The molecule has 6 amide bonds. The molecule has 2 fully saturated rings. The van der Waals surface area contributed by atoms with Crippen molar-refractivity contribution < 1.29 is 33.4 Å². The van der Waals surface area contributed by atoms with Crippen molar-refractivity contribution in [1.82, 2.24) is 50.2 Å². The van der Waals surface area contributed by atoms with Crippen LogP contribution in [0.5, 0.6) is 0 Å². The highest BCUT2D eigenvalue weighted by molar-refractivity contribution is 5.88. The molecule has 0 aliphatic carbocycles. The van der Waals surface area contributed by atoms with Gasteiger partial charge in [-0.3, -0.25) is 9.59 Å². The van der Waals surface area contributed by atoms with Crippen LogP contribution in [0.25, 0.3) is 33.6 Å².